The Morgan fingerprint density at radius 1 is 1.12 bits per heavy atom. The molecule has 0 atom stereocenters. The van der Waals surface area contributed by atoms with Crippen LogP contribution in [0.25, 0.3) is 6.08 Å². The highest BCUT2D eigenvalue weighted by molar-refractivity contribution is 6.66. The van der Waals surface area contributed by atoms with Crippen molar-refractivity contribution in [1.29, 1.82) is 0 Å². The van der Waals surface area contributed by atoms with E-state index in [-0.39, 0.29) is 0 Å². The third kappa shape index (κ3) is 3.39. The summed E-state index contributed by atoms with van der Waals surface area (Å²) < 4.78 is 15.5. The lowest BCUT2D eigenvalue weighted by Crippen LogP contribution is -1.95. The minimum atomic E-state index is -0.543. The Labute approximate surface area is 105 Å². The molecule has 17 heavy (non-hydrogen) atoms. The molecule has 5 heteroatoms. The lowest BCUT2D eigenvalue weighted by molar-refractivity contribution is -0.107. The third-order valence-electron chi connectivity index (χ3n) is 2.09. The monoisotopic (exact) mass is 256 g/mol. The summed E-state index contributed by atoms with van der Waals surface area (Å²) >= 11 is 5.22. The van der Waals surface area contributed by atoms with Gasteiger partial charge in [-0.1, -0.05) is 0 Å². The summed E-state index contributed by atoms with van der Waals surface area (Å²) in [5.41, 5.74) is 0.730. The van der Waals surface area contributed by atoms with E-state index >= 15 is 0 Å². The number of carbonyl (C=O) groups is 1. The second kappa shape index (κ2) is 6.15. The van der Waals surface area contributed by atoms with Crippen LogP contribution in [0.4, 0.5) is 0 Å². The molecule has 4 nitrogen and oxygen atoms in total. The van der Waals surface area contributed by atoms with E-state index in [1.54, 1.807) is 18.2 Å². The molecule has 0 N–H and O–H groups in total. The summed E-state index contributed by atoms with van der Waals surface area (Å²) in [6.07, 6.45) is 2.82. The topological polar surface area (TPSA) is 44.8 Å². The Morgan fingerprint density at radius 2 is 1.65 bits per heavy atom. The van der Waals surface area contributed by atoms with Gasteiger partial charge in [-0.3, -0.25) is 4.79 Å². The van der Waals surface area contributed by atoms with E-state index in [2.05, 4.69) is 0 Å². The van der Waals surface area contributed by atoms with E-state index in [9.17, 15) is 4.79 Å². The zero-order chi connectivity index (χ0) is 12.8. The molecule has 0 aliphatic heterocycles. The van der Waals surface area contributed by atoms with Crippen LogP contribution in [0.2, 0.25) is 0 Å². The third-order valence-corrected chi connectivity index (χ3v) is 2.22. The number of hydrogen-bond acceptors (Lipinski definition) is 4. The molecule has 0 saturated carbocycles. The van der Waals surface area contributed by atoms with Gasteiger partial charge in [-0.05, 0) is 41.4 Å². The summed E-state index contributed by atoms with van der Waals surface area (Å²) in [4.78, 5) is 10.6. The van der Waals surface area contributed by atoms with Crippen LogP contribution in [-0.4, -0.2) is 26.6 Å². The Hall–Kier alpha value is -1.68. The largest absolute Gasteiger partial charge is 0.493 e. The second-order valence-electron chi connectivity index (χ2n) is 3.10. The standard InChI is InChI=1S/C12H13ClO4/c1-15-9-6-8(4-5-11(13)14)7-10(16-2)12(9)17-3/h4-7H,1-3H3/b5-4+. The maximum atomic E-state index is 10.6. The number of allylic oxidation sites excluding steroid dienone is 1. The van der Waals surface area contributed by atoms with Crippen LogP contribution >= 0.6 is 11.6 Å². The summed E-state index contributed by atoms with van der Waals surface area (Å²) in [6, 6.07) is 3.44. The van der Waals surface area contributed by atoms with Gasteiger partial charge < -0.3 is 14.2 Å². The van der Waals surface area contributed by atoms with E-state index in [1.807, 2.05) is 0 Å². The number of ether oxygens (including phenoxy) is 3. The number of benzene rings is 1. The summed E-state index contributed by atoms with van der Waals surface area (Å²) in [7, 11) is 4.58. The Balaban J connectivity index is 3.22. The molecular weight excluding hydrogens is 244 g/mol. The Kier molecular flexibility index (Phi) is 4.84. The van der Waals surface area contributed by atoms with Crippen LogP contribution in [0.3, 0.4) is 0 Å². The van der Waals surface area contributed by atoms with Crippen LogP contribution < -0.4 is 14.2 Å². The minimum Gasteiger partial charge on any atom is -0.493 e. The number of carbonyl (C=O) groups excluding carboxylic acids is 1. The lowest BCUT2D eigenvalue weighted by Gasteiger charge is -2.12. The smallest absolute Gasteiger partial charge is 0.245 e. The fourth-order valence-corrected chi connectivity index (χ4v) is 1.42. The first-order valence-electron chi connectivity index (χ1n) is 4.80. The van der Waals surface area contributed by atoms with Gasteiger partial charge >= 0.3 is 0 Å². The predicted molar refractivity (Wildman–Crippen MR) is 66.0 cm³/mol. The molecule has 92 valence electrons. The van der Waals surface area contributed by atoms with Crippen LogP contribution in [0, 0.1) is 0 Å². The molecule has 1 aromatic carbocycles. The first-order valence-corrected chi connectivity index (χ1v) is 5.17. The first-order chi connectivity index (χ1) is 8.12. The van der Waals surface area contributed by atoms with E-state index < -0.39 is 5.24 Å². The lowest BCUT2D eigenvalue weighted by atomic mass is 10.1. The highest BCUT2D eigenvalue weighted by Gasteiger charge is 2.11. The molecule has 0 spiro atoms. The van der Waals surface area contributed by atoms with E-state index in [0.29, 0.717) is 17.2 Å². The van der Waals surface area contributed by atoms with Crippen molar-refractivity contribution in [2.24, 2.45) is 0 Å². The Bertz CT molecular complexity index is 415. The van der Waals surface area contributed by atoms with Gasteiger partial charge in [0.25, 0.3) is 0 Å². The zero-order valence-electron chi connectivity index (χ0n) is 9.82. The van der Waals surface area contributed by atoms with Crippen molar-refractivity contribution in [2.45, 2.75) is 0 Å². The van der Waals surface area contributed by atoms with E-state index in [4.69, 9.17) is 25.8 Å². The molecule has 0 heterocycles. The van der Waals surface area contributed by atoms with Crippen LogP contribution in [0.1, 0.15) is 5.56 Å². The SMILES string of the molecule is COc1cc(/C=C/C(=O)Cl)cc(OC)c1OC. The van der Waals surface area contributed by atoms with E-state index in [0.717, 1.165) is 5.56 Å². The first kappa shape index (κ1) is 13.4. The van der Waals surface area contributed by atoms with Crippen LogP contribution in [0.15, 0.2) is 18.2 Å². The molecule has 0 bridgehead atoms. The van der Waals surface area contributed by atoms with Gasteiger partial charge in [-0.2, -0.15) is 0 Å². The van der Waals surface area contributed by atoms with Crippen molar-refractivity contribution in [3.63, 3.8) is 0 Å². The quantitative estimate of drug-likeness (QED) is 0.600. The maximum absolute atomic E-state index is 10.6. The second-order valence-corrected chi connectivity index (χ2v) is 3.47. The van der Waals surface area contributed by atoms with Crippen molar-refractivity contribution < 1.29 is 19.0 Å². The molecule has 0 saturated heterocycles. The zero-order valence-corrected chi connectivity index (χ0v) is 10.6. The molecule has 0 aliphatic rings. The molecule has 0 aliphatic carbocycles. The molecule has 0 aromatic heterocycles. The van der Waals surface area contributed by atoms with Gasteiger partial charge in [-0.15, -0.1) is 0 Å². The molecule has 0 amide bonds. The number of rotatable bonds is 5. The summed E-state index contributed by atoms with van der Waals surface area (Å²) in [5.74, 6) is 1.55. The molecule has 1 aromatic rings. The van der Waals surface area contributed by atoms with Crippen molar-refractivity contribution in [3.8, 4) is 17.2 Å². The fraction of sp³-hybridized carbons (Fsp3) is 0.250. The number of methoxy groups -OCH3 is 3. The van der Waals surface area contributed by atoms with E-state index in [1.165, 1.54) is 27.4 Å². The average molecular weight is 257 g/mol. The predicted octanol–water partition coefficient (Wildman–Crippen LogP) is 2.49. The normalized spacial score (nSPS) is 10.4. The molecular formula is C12H13ClO4. The fourth-order valence-electron chi connectivity index (χ4n) is 1.36. The van der Waals surface area contributed by atoms with Crippen LogP contribution in [0.5, 0.6) is 17.2 Å². The van der Waals surface area contributed by atoms with Gasteiger partial charge in [-0.25, -0.2) is 0 Å². The van der Waals surface area contributed by atoms with Gasteiger partial charge in [0.15, 0.2) is 11.5 Å². The molecule has 0 unspecified atom stereocenters. The highest BCUT2D eigenvalue weighted by atomic mass is 35.5. The van der Waals surface area contributed by atoms with Crippen molar-refractivity contribution in [3.05, 3.63) is 23.8 Å². The van der Waals surface area contributed by atoms with Gasteiger partial charge in [0.2, 0.25) is 11.0 Å². The van der Waals surface area contributed by atoms with Crippen molar-refractivity contribution >= 4 is 22.9 Å². The summed E-state index contributed by atoms with van der Waals surface area (Å²) in [6.45, 7) is 0. The highest BCUT2D eigenvalue weighted by Crippen LogP contribution is 2.38. The van der Waals surface area contributed by atoms with Gasteiger partial charge in [0, 0.05) is 0 Å². The average Bonchev–Trinajstić information content (AvgIpc) is 2.34. The van der Waals surface area contributed by atoms with Gasteiger partial charge in [0.05, 0.1) is 21.3 Å². The summed E-state index contributed by atoms with van der Waals surface area (Å²) in [5, 5.41) is -0.543. The minimum absolute atomic E-state index is 0.504. The van der Waals surface area contributed by atoms with Crippen molar-refractivity contribution in [2.75, 3.05) is 21.3 Å². The number of halogens is 1. The molecule has 0 fully saturated rings. The van der Waals surface area contributed by atoms with Crippen LogP contribution in [-0.2, 0) is 4.79 Å². The molecule has 0 radical (unpaired) electrons. The Morgan fingerprint density at radius 3 is 2.00 bits per heavy atom. The molecule has 1 rings (SSSR count). The van der Waals surface area contributed by atoms with Crippen molar-refractivity contribution in [1.82, 2.24) is 0 Å². The number of hydrogen-bond donors (Lipinski definition) is 0. The van der Waals surface area contributed by atoms with Gasteiger partial charge in [0.1, 0.15) is 0 Å². The maximum Gasteiger partial charge on any atom is 0.245 e.